The Morgan fingerprint density at radius 1 is 1.59 bits per heavy atom. The Morgan fingerprint density at radius 3 is 2.82 bits per heavy atom. The lowest BCUT2D eigenvalue weighted by Gasteiger charge is -2.16. The van der Waals surface area contributed by atoms with E-state index in [1.54, 1.807) is 11.6 Å². The minimum atomic E-state index is -0.415. The van der Waals surface area contributed by atoms with Crippen LogP contribution in [0.15, 0.2) is 6.33 Å². The van der Waals surface area contributed by atoms with Gasteiger partial charge in [-0.25, -0.2) is 0 Å². The van der Waals surface area contributed by atoms with Crippen LogP contribution in [0.1, 0.15) is 32.4 Å². The molecule has 0 saturated heterocycles. The first-order valence-corrected chi connectivity index (χ1v) is 5.98. The van der Waals surface area contributed by atoms with Gasteiger partial charge in [0.05, 0.1) is 0 Å². The highest BCUT2D eigenvalue weighted by atomic mass is 16.6. The van der Waals surface area contributed by atoms with E-state index in [1.807, 2.05) is 0 Å². The van der Waals surface area contributed by atoms with Crippen molar-refractivity contribution in [2.24, 2.45) is 7.05 Å². The largest absolute Gasteiger partial charge is 0.384 e. The molecule has 1 aromatic rings. The number of nitro groups is 1. The van der Waals surface area contributed by atoms with Crippen LogP contribution in [0.3, 0.4) is 0 Å². The lowest BCUT2D eigenvalue weighted by atomic mass is 10.1. The van der Waals surface area contributed by atoms with Gasteiger partial charge in [-0.1, -0.05) is 13.8 Å². The predicted octanol–water partition coefficient (Wildman–Crippen LogP) is 1.65. The first-order valence-electron chi connectivity index (χ1n) is 5.98. The molecule has 1 aromatic heterocycles. The molecule has 1 unspecified atom stereocenters. The van der Waals surface area contributed by atoms with Crippen molar-refractivity contribution in [3.63, 3.8) is 0 Å². The number of aromatic nitrogens is 2. The third kappa shape index (κ3) is 3.52. The van der Waals surface area contributed by atoms with Crippen molar-refractivity contribution in [3.8, 4) is 0 Å². The molecule has 6 heteroatoms. The molecule has 0 aliphatic rings. The fourth-order valence-corrected chi connectivity index (χ4v) is 1.77. The van der Waals surface area contributed by atoms with E-state index in [-0.39, 0.29) is 11.9 Å². The quantitative estimate of drug-likeness (QED) is 0.581. The van der Waals surface area contributed by atoms with E-state index in [0.29, 0.717) is 12.1 Å². The minimum absolute atomic E-state index is 0.0238. The maximum absolute atomic E-state index is 10.8. The summed E-state index contributed by atoms with van der Waals surface area (Å²) in [7, 11) is 1.79. The van der Waals surface area contributed by atoms with E-state index >= 15 is 0 Å². The van der Waals surface area contributed by atoms with Crippen molar-refractivity contribution >= 4 is 5.82 Å². The maximum Gasteiger partial charge on any atom is 0.384 e. The summed E-state index contributed by atoms with van der Waals surface area (Å²) in [5.74, 6) is -0.0238. The van der Waals surface area contributed by atoms with Crippen molar-refractivity contribution in [1.29, 1.82) is 0 Å². The Balaban J connectivity index is 2.77. The number of nitrogens with zero attached hydrogens (tertiary/aromatic N) is 3. The summed E-state index contributed by atoms with van der Waals surface area (Å²) in [6.45, 7) is 5.12. The van der Waals surface area contributed by atoms with Crippen LogP contribution in [0.5, 0.6) is 0 Å². The summed E-state index contributed by atoms with van der Waals surface area (Å²) >= 11 is 0. The number of aryl methyl sites for hydroxylation is 1. The molecule has 0 aliphatic carbocycles. The fraction of sp³-hybridized carbons (Fsp3) is 0.727. The van der Waals surface area contributed by atoms with Crippen molar-refractivity contribution in [1.82, 2.24) is 14.9 Å². The van der Waals surface area contributed by atoms with Crippen LogP contribution < -0.4 is 5.32 Å². The van der Waals surface area contributed by atoms with Gasteiger partial charge < -0.3 is 20.0 Å². The van der Waals surface area contributed by atoms with Crippen molar-refractivity contribution < 1.29 is 4.92 Å². The number of imidazole rings is 1. The maximum atomic E-state index is 10.8. The van der Waals surface area contributed by atoms with Crippen LogP contribution in [-0.2, 0) is 13.5 Å². The van der Waals surface area contributed by atoms with E-state index in [9.17, 15) is 10.1 Å². The topological polar surface area (TPSA) is 73.0 Å². The van der Waals surface area contributed by atoms with Gasteiger partial charge >= 0.3 is 5.82 Å². The summed E-state index contributed by atoms with van der Waals surface area (Å²) in [6, 6.07) is 0.268. The molecule has 1 rings (SSSR count). The van der Waals surface area contributed by atoms with Crippen molar-refractivity contribution in [2.75, 3.05) is 6.54 Å². The summed E-state index contributed by atoms with van der Waals surface area (Å²) in [6.07, 6.45) is 4.15. The molecule has 0 fully saturated rings. The first-order chi connectivity index (χ1) is 8.10. The molecule has 1 atom stereocenters. The van der Waals surface area contributed by atoms with Gasteiger partial charge in [-0.3, -0.25) is 0 Å². The Bertz CT molecular complexity index is 376. The average Bonchev–Trinajstić information content (AvgIpc) is 2.66. The van der Waals surface area contributed by atoms with Crippen LogP contribution in [-0.4, -0.2) is 27.1 Å². The van der Waals surface area contributed by atoms with Gasteiger partial charge in [0.25, 0.3) is 0 Å². The first kappa shape index (κ1) is 13.6. The van der Waals surface area contributed by atoms with E-state index in [0.717, 1.165) is 19.4 Å². The molecule has 0 saturated carbocycles. The van der Waals surface area contributed by atoms with Crippen molar-refractivity contribution in [3.05, 3.63) is 22.1 Å². The smallest absolute Gasteiger partial charge is 0.358 e. The highest BCUT2D eigenvalue weighted by molar-refractivity contribution is 5.27. The average molecular weight is 240 g/mol. The SMILES string of the molecule is CCCNC(CC)Cc1c([N+](=O)[O-])ncn1C. The van der Waals surface area contributed by atoms with Crippen LogP contribution in [0.4, 0.5) is 5.82 Å². The standard InChI is InChI=1S/C11H20N4O2/c1-4-6-12-9(5-2)7-10-11(15(16)17)13-8-14(10)3/h8-9,12H,4-7H2,1-3H3. The van der Waals surface area contributed by atoms with Crippen LogP contribution >= 0.6 is 0 Å². The monoisotopic (exact) mass is 240 g/mol. The van der Waals surface area contributed by atoms with Gasteiger partial charge in [-0.05, 0) is 29.3 Å². The molecule has 0 radical (unpaired) electrons. The molecule has 0 aliphatic heterocycles. The fourth-order valence-electron chi connectivity index (χ4n) is 1.77. The van der Waals surface area contributed by atoms with E-state index in [1.165, 1.54) is 6.33 Å². The Kier molecular flexibility index (Phi) is 5.09. The highest BCUT2D eigenvalue weighted by Gasteiger charge is 2.22. The Hall–Kier alpha value is -1.43. The van der Waals surface area contributed by atoms with Crippen LogP contribution in [0.2, 0.25) is 0 Å². The molecule has 0 spiro atoms. The molecule has 1 heterocycles. The van der Waals surface area contributed by atoms with Gasteiger partial charge in [0.1, 0.15) is 5.69 Å². The van der Waals surface area contributed by atoms with Gasteiger partial charge in [0, 0.05) is 19.5 Å². The highest BCUT2D eigenvalue weighted by Crippen LogP contribution is 2.17. The summed E-state index contributed by atoms with van der Waals surface area (Å²) < 4.78 is 1.73. The van der Waals surface area contributed by atoms with Gasteiger partial charge in [-0.2, -0.15) is 0 Å². The van der Waals surface area contributed by atoms with Gasteiger partial charge in [0.2, 0.25) is 6.33 Å². The molecule has 0 aromatic carbocycles. The second kappa shape index (κ2) is 6.34. The summed E-state index contributed by atoms with van der Waals surface area (Å²) in [5, 5.41) is 14.2. The third-order valence-corrected chi connectivity index (χ3v) is 2.83. The lowest BCUT2D eigenvalue weighted by Crippen LogP contribution is -2.31. The summed E-state index contributed by atoms with van der Waals surface area (Å²) in [4.78, 5) is 14.2. The summed E-state index contributed by atoms with van der Waals surface area (Å²) in [5.41, 5.74) is 0.686. The second-order valence-corrected chi connectivity index (χ2v) is 4.15. The Morgan fingerprint density at radius 2 is 2.29 bits per heavy atom. The van der Waals surface area contributed by atoms with Crippen molar-refractivity contribution in [2.45, 2.75) is 39.2 Å². The molecule has 0 amide bonds. The second-order valence-electron chi connectivity index (χ2n) is 4.15. The number of hydrogen-bond donors (Lipinski definition) is 1. The van der Waals surface area contributed by atoms with E-state index in [2.05, 4.69) is 24.1 Å². The molecule has 17 heavy (non-hydrogen) atoms. The number of nitrogens with one attached hydrogen (secondary N) is 1. The molecule has 0 bridgehead atoms. The molecular formula is C11H20N4O2. The third-order valence-electron chi connectivity index (χ3n) is 2.83. The zero-order valence-electron chi connectivity index (χ0n) is 10.6. The molecule has 96 valence electrons. The number of rotatable bonds is 7. The molecular weight excluding hydrogens is 220 g/mol. The predicted molar refractivity (Wildman–Crippen MR) is 65.9 cm³/mol. The lowest BCUT2D eigenvalue weighted by molar-refractivity contribution is -0.390. The minimum Gasteiger partial charge on any atom is -0.358 e. The zero-order valence-corrected chi connectivity index (χ0v) is 10.6. The molecule has 1 N–H and O–H groups in total. The normalized spacial score (nSPS) is 12.6. The van der Waals surface area contributed by atoms with Gasteiger partial charge in [-0.15, -0.1) is 0 Å². The Labute approximate surface area is 101 Å². The molecule has 6 nitrogen and oxygen atoms in total. The zero-order chi connectivity index (χ0) is 12.8. The van der Waals surface area contributed by atoms with E-state index < -0.39 is 4.92 Å². The van der Waals surface area contributed by atoms with E-state index in [4.69, 9.17) is 0 Å². The van der Waals surface area contributed by atoms with Gasteiger partial charge in [0.15, 0.2) is 0 Å². The number of hydrogen-bond acceptors (Lipinski definition) is 4. The van der Waals surface area contributed by atoms with Crippen LogP contribution in [0.25, 0.3) is 0 Å². The van der Waals surface area contributed by atoms with Crippen LogP contribution in [0, 0.1) is 10.1 Å².